The largest absolute Gasteiger partial charge is 0.331 e. The fraction of sp³-hybridized carbons (Fsp3) is 0.429. The van der Waals surface area contributed by atoms with Gasteiger partial charge in [0.2, 0.25) is 5.91 Å². The lowest BCUT2D eigenvalue weighted by Gasteiger charge is -2.41. The van der Waals surface area contributed by atoms with Gasteiger partial charge in [-0.2, -0.15) is 0 Å². The number of carbonyl (C=O) groups excluding carboxylic acids is 2. The number of rotatable bonds is 6. The maximum Gasteiger partial charge on any atom is 0.257 e. The number of anilines is 1. The molecule has 1 unspecified atom stereocenters. The van der Waals surface area contributed by atoms with E-state index in [4.69, 9.17) is 0 Å². The molecule has 6 heteroatoms. The average Bonchev–Trinajstić information content (AvgIpc) is 3.46. The van der Waals surface area contributed by atoms with Gasteiger partial charge in [0.05, 0.1) is 17.5 Å². The molecule has 2 atom stereocenters. The number of amides is 2. The molecular formula is C35H42FN3O2. The fourth-order valence-corrected chi connectivity index (χ4v) is 6.27. The molecule has 3 aromatic rings. The van der Waals surface area contributed by atoms with Crippen LogP contribution in [0.3, 0.4) is 0 Å². The van der Waals surface area contributed by atoms with E-state index in [0.717, 1.165) is 36.4 Å². The number of benzene rings is 3. The van der Waals surface area contributed by atoms with Gasteiger partial charge in [-0.05, 0) is 91.6 Å². The van der Waals surface area contributed by atoms with Crippen LogP contribution in [-0.2, 0) is 16.8 Å². The molecule has 3 aromatic carbocycles. The van der Waals surface area contributed by atoms with Gasteiger partial charge < -0.3 is 10.2 Å². The molecular weight excluding hydrogens is 513 g/mol. The molecule has 1 N–H and O–H groups in total. The van der Waals surface area contributed by atoms with Gasteiger partial charge >= 0.3 is 0 Å². The minimum Gasteiger partial charge on any atom is -0.331 e. The first-order chi connectivity index (χ1) is 19.6. The van der Waals surface area contributed by atoms with E-state index in [1.165, 1.54) is 24.5 Å². The average molecular weight is 556 g/mol. The Morgan fingerprint density at radius 1 is 0.927 bits per heavy atom. The summed E-state index contributed by atoms with van der Waals surface area (Å²) in [4.78, 5) is 32.0. The van der Waals surface area contributed by atoms with E-state index in [2.05, 4.69) is 61.3 Å². The molecule has 0 saturated carbocycles. The van der Waals surface area contributed by atoms with Crippen molar-refractivity contribution in [1.82, 2.24) is 9.80 Å². The first kappa shape index (κ1) is 29.0. The quantitative estimate of drug-likeness (QED) is 0.348. The number of nitrogens with zero attached hydrogens (tertiary/aromatic N) is 2. The van der Waals surface area contributed by atoms with Gasteiger partial charge in [0.25, 0.3) is 5.91 Å². The first-order valence-corrected chi connectivity index (χ1v) is 14.9. The third-order valence-corrected chi connectivity index (χ3v) is 8.59. The summed E-state index contributed by atoms with van der Waals surface area (Å²) in [6.45, 7) is 11.8. The van der Waals surface area contributed by atoms with Crippen molar-refractivity contribution in [2.75, 3.05) is 25.0 Å². The van der Waals surface area contributed by atoms with Gasteiger partial charge in [0, 0.05) is 18.8 Å². The number of carbonyl (C=O) groups is 2. The second-order valence-electron chi connectivity index (χ2n) is 12.7. The smallest absolute Gasteiger partial charge is 0.257 e. The van der Waals surface area contributed by atoms with Crippen LogP contribution in [0.2, 0.25) is 0 Å². The van der Waals surface area contributed by atoms with Crippen LogP contribution in [0.1, 0.15) is 85.1 Å². The number of nitrogens with one attached hydrogen (secondary N) is 1. The topological polar surface area (TPSA) is 52.7 Å². The van der Waals surface area contributed by atoms with Crippen molar-refractivity contribution in [2.24, 2.45) is 5.92 Å². The second kappa shape index (κ2) is 12.2. The Kier molecular flexibility index (Phi) is 8.60. The number of hydrogen-bond donors (Lipinski definition) is 1. The van der Waals surface area contributed by atoms with Crippen molar-refractivity contribution in [1.29, 1.82) is 0 Å². The minimum atomic E-state index is -0.528. The summed E-state index contributed by atoms with van der Waals surface area (Å²) in [5.41, 5.74) is 4.63. The van der Waals surface area contributed by atoms with Crippen LogP contribution in [0.5, 0.6) is 0 Å². The van der Waals surface area contributed by atoms with Gasteiger partial charge in [-0.1, -0.05) is 69.3 Å². The molecule has 2 aliphatic rings. The summed E-state index contributed by atoms with van der Waals surface area (Å²) in [5.74, 6) is -1.48. The van der Waals surface area contributed by atoms with Gasteiger partial charge in [0.15, 0.2) is 0 Å². The number of piperidine rings is 1. The number of likely N-dealkylation sites (tertiary alicyclic amines) is 2. The van der Waals surface area contributed by atoms with Gasteiger partial charge in [0.1, 0.15) is 5.82 Å². The first-order valence-electron chi connectivity index (χ1n) is 14.9. The van der Waals surface area contributed by atoms with E-state index in [9.17, 15) is 14.0 Å². The van der Waals surface area contributed by atoms with Crippen molar-refractivity contribution in [2.45, 2.75) is 71.4 Å². The van der Waals surface area contributed by atoms with Crippen molar-refractivity contribution < 1.29 is 14.0 Å². The molecule has 0 aromatic heterocycles. The Hall–Kier alpha value is -3.51. The highest BCUT2D eigenvalue weighted by Crippen LogP contribution is 2.39. The molecule has 2 heterocycles. The molecule has 5 rings (SSSR count). The molecule has 2 aliphatic heterocycles. The van der Waals surface area contributed by atoms with Crippen LogP contribution < -0.4 is 5.32 Å². The lowest BCUT2D eigenvalue weighted by molar-refractivity contribution is -0.123. The summed E-state index contributed by atoms with van der Waals surface area (Å²) < 4.78 is 15.0. The predicted octanol–water partition coefficient (Wildman–Crippen LogP) is 7.26. The molecule has 2 amide bonds. The highest BCUT2D eigenvalue weighted by Gasteiger charge is 2.40. The van der Waals surface area contributed by atoms with E-state index < -0.39 is 17.8 Å². The molecule has 0 radical (unpaired) electrons. The van der Waals surface area contributed by atoms with E-state index in [1.807, 2.05) is 18.2 Å². The number of halogens is 1. The van der Waals surface area contributed by atoms with Crippen LogP contribution in [0.25, 0.3) is 0 Å². The van der Waals surface area contributed by atoms with E-state index in [0.29, 0.717) is 24.9 Å². The zero-order chi connectivity index (χ0) is 29.1. The van der Waals surface area contributed by atoms with Gasteiger partial charge in [-0.3, -0.25) is 14.5 Å². The Balaban J connectivity index is 1.47. The lowest BCUT2D eigenvalue weighted by atomic mass is 9.82. The Labute approximate surface area is 243 Å². The van der Waals surface area contributed by atoms with E-state index in [1.54, 1.807) is 24.0 Å². The van der Waals surface area contributed by atoms with Crippen LogP contribution in [0.4, 0.5) is 10.1 Å². The van der Waals surface area contributed by atoms with Gasteiger partial charge in [-0.15, -0.1) is 0 Å². The second-order valence-corrected chi connectivity index (χ2v) is 12.7. The molecule has 0 bridgehead atoms. The highest BCUT2D eigenvalue weighted by atomic mass is 19.1. The maximum atomic E-state index is 15.0. The number of hydrogen-bond acceptors (Lipinski definition) is 3. The SMILES string of the molecule is Cc1cccc(F)c1C(=O)N1CCC[C@H](C(=O)Nc2cccc(C(C)(C)C)c2)C1c1ccc(CN2CCCC2)cc1. The monoisotopic (exact) mass is 555 g/mol. The van der Waals surface area contributed by atoms with E-state index >= 15 is 0 Å². The van der Waals surface area contributed by atoms with Gasteiger partial charge in [-0.25, -0.2) is 4.39 Å². The summed E-state index contributed by atoms with van der Waals surface area (Å²) in [6.07, 6.45) is 3.79. The third-order valence-electron chi connectivity index (χ3n) is 8.59. The molecule has 0 spiro atoms. The van der Waals surface area contributed by atoms with Crippen molar-refractivity contribution in [3.05, 3.63) is 100 Å². The summed E-state index contributed by atoms with van der Waals surface area (Å²) in [7, 11) is 0. The Bertz CT molecular complexity index is 1370. The summed E-state index contributed by atoms with van der Waals surface area (Å²) in [5, 5.41) is 3.15. The van der Waals surface area contributed by atoms with Crippen LogP contribution in [0.15, 0.2) is 66.7 Å². The Morgan fingerprint density at radius 3 is 2.32 bits per heavy atom. The zero-order valence-corrected chi connectivity index (χ0v) is 24.8. The molecule has 41 heavy (non-hydrogen) atoms. The summed E-state index contributed by atoms with van der Waals surface area (Å²) in [6, 6.07) is 20.5. The van der Waals surface area contributed by atoms with Crippen LogP contribution >= 0.6 is 0 Å². The molecule has 2 fully saturated rings. The number of aryl methyl sites for hydroxylation is 1. The normalized spacial score (nSPS) is 19.8. The van der Waals surface area contributed by atoms with E-state index in [-0.39, 0.29) is 22.8 Å². The Morgan fingerprint density at radius 2 is 1.63 bits per heavy atom. The van der Waals surface area contributed by atoms with Crippen LogP contribution in [-0.4, -0.2) is 41.2 Å². The zero-order valence-electron chi connectivity index (χ0n) is 24.8. The molecule has 5 nitrogen and oxygen atoms in total. The molecule has 2 saturated heterocycles. The lowest BCUT2D eigenvalue weighted by Crippen LogP contribution is -2.46. The van der Waals surface area contributed by atoms with Crippen LogP contribution in [0, 0.1) is 18.7 Å². The van der Waals surface area contributed by atoms with Crippen molar-refractivity contribution in [3.8, 4) is 0 Å². The molecule has 216 valence electrons. The van der Waals surface area contributed by atoms with Crippen molar-refractivity contribution in [3.63, 3.8) is 0 Å². The fourth-order valence-electron chi connectivity index (χ4n) is 6.27. The minimum absolute atomic E-state index is 0.0498. The predicted molar refractivity (Wildman–Crippen MR) is 162 cm³/mol. The highest BCUT2D eigenvalue weighted by molar-refractivity contribution is 5.98. The standard InChI is InChI=1S/C35H42FN3O2/c1-24-10-7-14-30(36)31(24)34(41)39-21-9-13-29(33(40)37-28-12-8-11-27(22-28)35(2,3)4)32(39)26-17-15-25(16-18-26)23-38-19-5-6-20-38/h7-8,10-12,14-18,22,29,32H,5-6,9,13,19-21,23H2,1-4H3,(H,37,40)/t29-,32?/m0/s1. The van der Waals surface area contributed by atoms with Crippen molar-refractivity contribution >= 4 is 17.5 Å². The summed E-state index contributed by atoms with van der Waals surface area (Å²) >= 11 is 0. The molecule has 0 aliphatic carbocycles. The third kappa shape index (κ3) is 6.54. The maximum absolute atomic E-state index is 15.0.